The molecule has 0 aliphatic heterocycles. The summed E-state index contributed by atoms with van der Waals surface area (Å²) in [5, 5.41) is 4.68. The van der Waals surface area contributed by atoms with Crippen molar-refractivity contribution in [1.29, 1.82) is 0 Å². The van der Waals surface area contributed by atoms with Crippen LogP contribution in [0.2, 0.25) is 0 Å². The Balaban J connectivity index is 1.70. The molecule has 0 radical (unpaired) electrons. The summed E-state index contributed by atoms with van der Waals surface area (Å²) in [5.74, 6) is 1.65. The van der Waals surface area contributed by atoms with E-state index >= 15 is 0 Å². The SMILES string of the molecule is COc1ccc(N(c2ccc(C)cc2)c2c3ccc(C(C)(C)C)cc3c(N(c3ccc(C)cc3)c3ccc(OC)cc3)c3ccc(C(C)(C)C)cc23)cc1. The molecule has 7 rings (SSSR count). The third-order valence-corrected chi connectivity index (χ3v) is 10.5. The third-order valence-electron chi connectivity index (χ3n) is 10.5. The van der Waals surface area contributed by atoms with Crippen molar-refractivity contribution in [3.05, 3.63) is 156 Å². The number of rotatable bonds is 8. The van der Waals surface area contributed by atoms with Gasteiger partial charge in [0.1, 0.15) is 11.5 Å². The maximum absolute atomic E-state index is 5.63. The van der Waals surface area contributed by atoms with Gasteiger partial charge in [0.05, 0.1) is 25.6 Å². The minimum Gasteiger partial charge on any atom is -0.497 e. The molecule has 0 aromatic heterocycles. The summed E-state index contributed by atoms with van der Waals surface area (Å²) in [6.07, 6.45) is 0. The van der Waals surface area contributed by atoms with Crippen molar-refractivity contribution in [2.45, 2.75) is 66.2 Å². The van der Waals surface area contributed by atoms with Crippen LogP contribution in [0.15, 0.2) is 133 Å². The fraction of sp³-hybridized carbons (Fsp3) is 0.240. The molecule has 0 fully saturated rings. The molecule has 7 aromatic carbocycles. The zero-order valence-corrected chi connectivity index (χ0v) is 33.4. The zero-order valence-electron chi connectivity index (χ0n) is 33.4. The Morgan fingerprint density at radius 1 is 0.370 bits per heavy atom. The van der Waals surface area contributed by atoms with Gasteiger partial charge < -0.3 is 19.3 Å². The lowest BCUT2D eigenvalue weighted by molar-refractivity contribution is 0.414. The molecule has 0 saturated heterocycles. The summed E-state index contributed by atoms with van der Waals surface area (Å²) in [6, 6.07) is 48.8. The molecule has 7 aromatic rings. The average Bonchev–Trinajstić information content (AvgIpc) is 3.16. The standard InChI is InChI=1S/C50H52N2O2/c1-33-11-17-37(18-12-33)51(39-21-25-41(53-9)26-22-39)47-43-29-15-36(50(6,7)8)32-46(43)48(44-30-16-35(31-45(44)47)49(3,4)5)52(38-19-13-34(2)14-20-38)40-23-27-42(54-10)28-24-40/h11-32H,1-10H3. The van der Waals surface area contributed by atoms with Crippen LogP contribution in [0.4, 0.5) is 34.1 Å². The zero-order chi connectivity index (χ0) is 38.4. The summed E-state index contributed by atoms with van der Waals surface area (Å²) < 4.78 is 11.3. The molecule has 274 valence electrons. The molecule has 0 aliphatic rings. The number of fused-ring (bicyclic) bond motifs is 2. The van der Waals surface area contributed by atoms with E-state index in [0.29, 0.717) is 0 Å². The van der Waals surface area contributed by atoms with Crippen LogP contribution in [0.25, 0.3) is 21.5 Å². The number of benzene rings is 7. The molecule has 0 unspecified atom stereocenters. The molecule has 0 amide bonds. The topological polar surface area (TPSA) is 24.9 Å². The lowest BCUT2D eigenvalue weighted by Gasteiger charge is -2.34. The molecule has 0 saturated carbocycles. The van der Waals surface area contributed by atoms with Crippen LogP contribution in [0.5, 0.6) is 11.5 Å². The Morgan fingerprint density at radius 2 is 0.667 bits per heavy atom. The highest BCUT2D eigenvalue weighted by Gasteiger charge is 2.28. The normalized spacial score (nSPS) is 11.9. The first-order valence-electron chi connectivity index (χ1n) is 18.8. The molecule has 54 heavy (non-hydrogen) atoms. The molecule has 4 heteroatoms. The van der Waals surface area contributed by atoms with E-state index in [1.807, 2.05) is 0 Å². The first-order valence-corrected chi connectivity index (χ1v) is 18.8. The van der Waals surface area contributed by atoms with E-state index in [2.05, 4.69) is 199 Å². The van der Waals surface area contributed by atoms with E-state index in [4.69, 9.17) is 9.47 Å². The highest BCUT2D eigenvalue weighted by Crippen LogP contribution is 2.52. The monoisotopic (exact) mass is 712 g/mol. The van der Waals surface area contributed by atoms with Gasteiger partial charge in [-0.2, -0.15) is 0 Å². The van der Waals surface area contributed by atoms with Crippen LogP contribution in [0.1, 0.15) is 63.8 Å². The van der Waals surface area contributed by atoms with Crippen LogP contribution in [0.3, 0.4) is 0 Å². The Morgan fingerprint density at radius 3 is 0.944 bits per heavy atom. The maximum atomic E-state index is 5.63. The van der Waals surface area contributed by atoms with E-state index in [1.54, 1.807) is 14.2 Å². The summed E-state index contributed by atoms with van der Waals surface area (Å²) in [5.41, 5.74) is 11.4. The fourth-order valence-electron chi connectivity index (χ4n) is 7.26. The van der Waals surface area contributed by atoms with Gasteiger partial charge in [-0.15, -0.1) is 0 Å². The predicted octanol–water partition coefficient (Wildman–Crippen LogP) is 14.2. The minimum atomic E-state index is -0.0713. The maximum Gasteiger partial charge on any atom is 0.119 e. The molecule has 4 nitrogen and oxygen atoms in total. The Hall–Kier alpha value is -5.74. The van der Waals surface area contributed by atoms with Gasteiger partial charge in [-0.3, -0.25) is 0 Å². The summed E-state index contributed by atoms with van der Waals surface area (Å²) in [7, 11) is 3.44. The smallest absolute Gasteiger partial charge is 0.119 e. The van der Waals surface area contributed by atoms with Gasteiger partial charge in [-0.25, -0.2) is 0 Å². The van der Waals surface area contributed by atoms with Gasteiger partial charge in [-0.05, 0) is 121 Å². The van der Waals surface area contributed by atoms with Gasteiger partial charge >= 0.3 is 0 Å². The minimum absolute atomic E-state index is 0.0713. The second-order valence-electron chi connectivity index (χ2n) is 16.5. The first-order chi connectivity index (χ1) is 25.8. The fourth-order valence-corrected chi connectivity index (χ4v) is 7.26. The van der Waals surface area contributed by atoms with Crippen molar-refractivity contribution < 1.29 is 9.47 Å². The number of aryl methyl sites for hydroxylation is 2. The van der Waals surface area contributed by atoms with Crippen LogP contribution in [-0.4, -0.2) is 14.2 Å². The molecular weight excluding hydrogens is 661 g/mol. The molecular formula is C50H52N2O2. The Labute approximate surface area is 321 Å². The first kappa shape index (κ1) is 36.6. The van der Waals surface area contributed by atoms with Gasteiger partial charge in [0, 0.05) is 44.3 Å². The van der Waals surface area contributed by atoms with Gasteiger partial charge in [-0.1, -0.05) is 101 Å². The van der Waals surface area contributed by atoms with Gasteiger partial charge in [0.25, 0.3) is 0 Å². The van der Waals surface area contributed by atoms with Crippen molar-refractivity contribution in [3.8, 4) is 11.5 Å². The highest BCUT2D eigenvalue weighted by molar-refractivity contribution is 6.23. The van der Waals surface area contributed by atoms with Gasteiger partial charge in [0.2, 0.25) is 0 Å². The second kappa shape index (κ2) is 14.2. The number of methoxy groups -OCH3 is 2. The number of nitrogens with zero attached hydrogens (tertiary/aromatic N) is 2. The van der Waals surface area contributed by atoms with E-state index in [9.17, 15) is 0 Å². The van der Waals surface area contributed by atoms with Crippen molar-refractivity contribution in [2.24, 2.45) is 0 Å². The van der Waals surface area contributed by atoms with Crippen molar-refractivity contribution in [3.63, 3.8) is 0 Å². The summed E-state index contributed by atoms with van der Waals surface area (Å²) in [4.78, 5) is 4.86. The average molecular weight is 713 g/mol. The molecule has 0 aliphatic carbocycles. The van der Waals surface area contributed by atoms with Gasteiger partial charge in [0.15, 0.2) is 0 Å². The van der Waals surface area contributed by atoms with Crippen LogP contribution in [0, 0.1) is 13.8 Å². The predicted molar refractivity (Wildman–Crippen MR) is 231 cm³/mol. The number of anilines is 6. The largest absolute Gasteiger partial charge is 0.497 e. The number of hydrogen-bond acceptors (Lipinski definition) is 4. The Bertz CT molecular complexity index is 2240. The van der Waals surface area contributed by atoms with E-state index in [1.165, 1.54) is 43.8 Å². The summed E-state index contributed by atoms with van der Waals surface area (Å²) in [6.45, 7) is 18.1. The lowest BCUT2D eigenvalue weighted by atomic mass is 9.82. The Kier molecular flexibility index (Phi) is 9.66. The third kappa shape index (κ3) is 7.01. The van der Waals surface area contributed by atoms with Crippen LogP contribution >= 0.6 is 0 Å². The van der Waals surface area contributed by atoms with E-state index in [0.717, 1.165) is 45.6 Å². The van der Waals surface area contributed by atoms with E-state index in [-0.39, 0.29) is 10.8 Å². The van der Waals surface area contributed by atoms with Crippen LogP contribution in [-0.2, 0) is 10.8 Å². The molecule has 0 spiro atoms. The molecule has 0 N–H and O–H groups in total. The van der Waals surface area contributed by atoms with Crippen molar-refractivity contribution >= 4 is 55.7 Å². The molecule has 0 bridgehead atoms. The summed E-state index contributed by atoms with van der Waals surface area (Å²) >= 11 is 0. The number of ether oxygens (including phenoxy) is 2. The second-order valence-corrected chi connectivity index (χ2v) is 16.5. The highest BCUT2D eigenvalue weighted by atomic mass is 16.5. The van der Waals surface area contributed by atoms with Crippen molar-refractivity contribution in [2.75, 3.05) is 24.0 Å². The van der Waals surface area contributed by atoms with Crippen LogP contribution < -0.4 is 19.3 Å². The quantitative estimate of drug-likeness (QED) is 0.116. The molecule has 0 atom stereocenters. The van der Waals surface area contributed by atoms with E-state index < -0.39 is 0 Å². The van der Waals surface area contributed by atoms with Crippen molar-refractivity contribution in [1.82, 2.24) is 0 Å². The number of hydrogen-bond donors (Lipinski definition) is 0. The molecule has 0 heterocycles. The lowest BCUT2D eigenvalue weighted by Crippen LogP contribution is -2.17.